The summed E-state index contributed by atoms with van der Waals surface area (Å²) in [6.45, 7) is 1.54. The first-order chi connectivity index (χ1) is 9.95. The summed E-state index contributed by atoms with van der Waals surface area (Å²) >= 11 is 3.29. The average Bonchev–Trinajstić information content (AvgIpc) is 2.44. The Hall–Kier alpha value is -1.95. The Balaban J connectivity index is 2.00. The molecule has 0 aliphatic heterocycles. The Morgan fingerprint density at radius 3 is 2.48 bits per heavy atom. The first kappa shape index (κ1) is 15.4. The summed E-state index contributed by atoms with van der Waals surface area (Å²) in [7, 11) is 0. The van der Waals surface area contributed by atoms with E-state index in [1.807, 2.05) is 0 Å². The minimum absolute atomic E-state index is 0.0901. The van der Waals surface area contributed by atoms with Crippen LogP contribution in [0.15, 0.2) is 46.9 Å². The molecule has 110 valence electrons. The zero-order valence-corrected chi connectivity index (χ0v) is 12.7. The van der Waals surface area contributed by atoms with E-state index in [0.29, 0.717) is 11.8 Å². The summed E-state index contributed by atoms with van der Waals surface area (Å²) in [5.41, 5.74) is -0.0901. The van der Waals surface area contributed by atoms with E-state index in [1.165, 1.54) is 0 Å². The summed E-state index contributed by atoms with van der Waals surface area (Å²) in [6.07, 6.45) is -0.823. The van der Waals surface area contributed by atoms with Crippen molar-refractivity contribution in [1.29, 1.82) is 0 Å². The molecule has 1 amide bonds. The molecule has 0 fully saturated rings. The van der Waals surface area contributed by atoms with Crippen LogP contribution in [0.5, 0.6) is 5.75 Å². The highest BCUT2D eigenvalue weighted by Gasteiger charge is 2.16. The lowest BCUT2D eigenvalue weighted by Gasteiger charge is -2.15. The van der Waals surface area contributed by atoms with E-state index in [-0.39, 0.29) is 5.69 Å². The number of halogens is 3. The third kappa shape index (κ3) is 4.26. The highest BCUT2D eigenvalue weighted by Crippen LogP contribution is 2.19. The predicted molar refractivity (Wildman–Crippen MR) is 79.2 cm³/mol. The van der Waals surface area contributed by atoms with Gasteiger partial charge in [0, 0.05) is 10.5 Å². The first-order valence-electron chi connectivity index (χ1n) is 6.14. The van der Waals surface area contributed by atoms with Crippen LogP contribution in [0.1, 0.15) is 6.92 Å². The Labute approximate surface area is 129 Å². The van der Waals surface area contributed by atoms with Crippen molar-refractivity contribution in [2.45, 2.75) is 13.0 Å². The van der Waals surface area contributed by atoms with Crippen molar-refractivity contribution in [2.24, 2.45) is 0 Å². The van der Waals surface area contributed by atoms with E-state index in [2.05, 4.69) is 21.2 Å². The average molecular weight is 356 g/mol. The molecule has 0 saturated carbocycles. The summed E-state index contributed by atoms with van der Waals surface area (Å²) in [6, 6.07) is 9.89. The molecule has 2 aromatic rings. The molecule has 0 heterocycles. The van der Waals surface area contributed by atoms with Crippen LogP contribution in [0.3, 0.4) is 0 Å². The highest BCUT2D eigenvalue weighted by molar-refractivity contribution is 9.10. The van der Waals surface area contributed by atoms with Gasteiger partial charge in [0.15, 0.2) is 6.10 Å². The van der Waals surface area contributed by atoms with Crippen LogP contribution < -0.4 is 10.1 Å². The molecule has 2 rings (SSSR count). The van der Waals surface area contributed by atoms with Crippen LogP contribution in [-0.4, -0.2) is 12.0 Å². The molecule has 0 aliphatic carbocycles. The van der Waals surface area contributed by atoms with Crippen LogP contribution in [0.25, 0.3) is 0 Å². The SMILES string of the molecule is CC(Oc1ccc(Br)cc1)C(=O)Nc1ccc(F)cc1F. The van der Waals surface area contributed by atoms with Crippen molar-refractivity contribution in [3.05, 3.63) is 58.6 Å². The molecule has 0 aliphatic rings. The molecule has 0 aromatic heterocycles. The number of carbonyl (C=O) groups is 1. The third-order valence-electron chi connectivity index (χ3n) is 2.68. The van der Waals surface area contributed by atoms with Crippen LogP contribution in [-0.2, 0) is 4.79 Å². The molecular formula is C15H12BrF2NO2. The van der Waals surface area contributed by atoms with E-state index in [1.54, 1.807) is 31.2 Å². The summed E-state index contributed by atoms with van der Waals surface area (Å²) in [5.74, 6) is -1.55. The van der Waals surface area contributed by atoms with Crippen molar-refractivity contribution >= 4 is 27.5 Å². The summed E-state index contributed by atoms with van der Waals surface area (Å²) in [4.78, 5) is 11.9. The standard InChI is InChI=1S/C15H12BrF2NO2/c1-9(21-12-5-2-10(16)3-6-12)15(20)19-14-7-4-11(17)8-13(14)18/h2-9H,1H3,(H,19,20). The number of benzene rings is 2. The second kappa shape index (κ2) is 6.67. The molecule has 0 radical (unpaired) electrons. The zero-order valence-electron chi connectivity index (χ0n) is 11.1. The molecule has 0 spiro atoms. The Bertz CT molecular complexity index is 647. The minimum Gasteiger partial charge on any atom is -0.481 e. The monoisotopic (exact) mass is 355 g/mol. The molecule has 1 N–H and O–H groups in total. The van der Waals surface area contributed by atoms with Gasteiger partial charge in [0.25, 0.3) is 5.91 Å². The van der Waals surface area contributed by atoms with E-state index >= 15 is 0 Å². The maximum Gasteiger partial charge on any atom is 0.265 e. The fourth-order valence-corrected chi connectivity index (χ4v) is 1.86. The number of anilines is 1. The third-order valence-corrected chi connectivity index (χ3v) is 3.21. The van der Waals surface area contributed by atoms with Crippen molar-refractivity contribution in [3.8, 4) is 5.75 Å². The van der Waals surface area contributed by atoms with Crippen LogP contribution in [0.4, 0.5) is 14.5 Å². The van der Waals surface area contributed by atoms with Gasteiger partial charge in [-0.05, 0) is 43.3 Å². The normalized spacial score (nSPS) is 11.8. The maximum atomic E-state index is 13.4. The zero-order chi connectivity index (χ0) is 15.4. The smallest absolute Gasteiger partial charge is 0.265 e. The Morgan fingerprint density at radius 1 is 1.19 bits per heavy atom. The number of nitrogens with one attached hydrogen (secondary N) is 1. The van der Waals surface area contributed by atoms with E-state index < -0.39 is 23.6 Å². The van der Waals surface area contributed by atoms with E-state index in [0.717, 1.165) is 16.6 Å². The number of ether oxygens (including phenoxy) is 1. The number of carbonyl (C=O) groups excluding carboxylic acids is 1. The second-order valence-corrected chi connectivity index (χ2v) is 5.24. The quantitative estimate of drug-likeness (QED) is 0.895. The van der Waals surface area contributed by atoms with Gasteiger partial charge >= 0.3 is 0 Å². The van der Waals surface area contributed by atoms with Crippen LogP contribution in [0, 0.1) is 11.6 Å². The molecule has 1 unspecified atom stereocenters. The van der Waals surface area contributed by atoms with Gasteiger partial charge in [0.2, 0.25) is 0 Å². The van der Waals surface area contributed by atoms with Gasteiger partial charge in [0.1, 0.15) is 17.4 Å². The Kier molecular flexibility index (Phi) is 4.90. The van der Waals surface area contributed by atoms with Gasteiger partial charge < -0.3 is 10.1 Å². The number of rotatable bonds is 4. The number of hydrogen-bond acceptors (Lipinski definition) is 2. The molecule has 6 heteroatoms. The highest BCUT2D eigenvalue weighted by atomic mass is 79.9. The van der Waals surface area contributed by atoms with Crippen LogP contribution >= 0.6 is 15.9 Å². The van der Waals surface area contributed by atoms with Crippen molar-refractivity contribution in [3.63, 3.8) is 0 Å². The Morgan fingerprint density at radius 2 is 1.86 bits per heavy atom. The number of amides is 1. The predicted octanol–water partition coefficient (Wildman–Crippen LogP) is 4.13. The molecular weight excluding hydrogens is 344 g/mol. The van der Waals surface area contributed by atoms with Crippen molar-refractivity contribution in [2.75, 3.05) is 5.32 Å². The molecule has 0 bridgehead atoms. The largest absolute Gasteiger partial charge is 0.481 e. The fourth-order valence-electron chi connectivity index (χ4n) is 1.60. The maximum absolute atomic E-state index is 13.4. The fraction of sp³-hybridized carbons (Fsp3) is 0.133. The molecule has 3 nitrogen and oxygen atoms in total. The van der Waals surface area contributed by atoms with Gasteiger partial charge in [0.05, 0.1) is 5.69 Å². The molecule has 1 atom stereocenters. The summed E-state index contributed by atoms with van der Waals surface area (Å²) < 4.78 is 32.6. The minimum atomic E-state index is -0.834. The van der Waals surface area contributed by atoms with Crippen molar-refractivity contribution < 1.29 is 18.3 Å². The molecule has 2 aromatic carbocycles. The summed E-state index contributed by atoms with van der Waals surface area (Å²) in [5, 5.41) is 2.35. The van der Waals surface area contributed by atoms with Gasteiger partial charge in [-0.3, -0.25) is 4.79 Å². The van der Waals surface area contributed by atoms with Gasteiger partial charge in [-0.1, -0.05) is 15.9 Å². The molecule has 0 saturated heterocycles. The molecule has 21 heavy (non-hydrogen) atoms. The lowest BCUT2D eigenvalue weighted by Crippen LogP contribution is -2.30. The topological polar surface area (TPSA) is 38.3 Å². The second-order valence-electron chi connectivity index (χ2n) is 4.33. The van der Waals surface area contributed by atoms with Crippen LogP contribution in [0.2, 0.25) is 0 Å². The van der Waals surface area contributed by atoms with Gasteiger partial charge in [-0.25, -0.2) is 8.78 Å². The van der Waals surface area contributed by atoms with Gasteiger partial charge in [-0.15, -0.1) is 0 Å². The lowest BCUT2D eigenvalue weighted by atomic mass is 10.2. The van der Waals surface area contributed by atoms with E-state index in [4.69, 9.17) is 4.74 Å². The van der Waals surface area contributed by atoms with E-state index in [9.17, 15) is 13.6 Å². The lowest BCUT2D eigenvalue weighted by molar-refractivity contribution is -0.122. The van der Waals surface area contributed by atoms with Crippen molar-refractivity contribution in [1.82, 2.24) is 0 Å². The number of hydrogen-bond donors (Lipinski definition) is 1. The first-order valence-corrected chi connectivity index (χ1v) is 6.93. The van der Waals surface area contributed by atoms with Gasteiger partial charge in [-0.2, -0.15) is 0 Å².